The van der Waals surface area contributed by atoms with Crippen LogP contribution in [0.2, 0.25) is 0 Å². The molecule has 3 N–H and O–H groups in total. The summed E-state index contributed by atoms with van der Waals surface area (Å²) in [6.07, 6.45) is 21.3. The van der Waals surface area contributed by atoms with Crippen molar-refractivity contribution in [3.63, 3.8) is 0 Å². The number of allylic oxidation sites excluding steroid dienone is 5. The van der Waals surface area contributed by atoms with Crippen molar-refractivity contribution in [2.24, 2.45) is 16.8 Å². The molecule has 0 aromatic carbocycles. The average Bonchev–Trinajstić information content (AvgIpc) is 3.30. The van der Waals surface area contributed by atoms with E-state index in [2.05, 4.69) is 73.9 Å². The van der Waals surface area contributed by atoms with Gasteiger partial charge in [0.15, 0.2) is 0 Å². The van der Waals surface area contributed by atoms with Crippen LogP contribution in [-0.2, 0) is 6.54 Å². The summed E-state index contributed by atoms with van der Waals surface area (Å²) in [6, 6.07) is 0. The van der Waals surface area contributed by atoms with Gasteiger partial charge in [-0.15, -0.1) is 0 Å². The highest BCUT2D eigenvalue weighted by Crippen LogP contribution is 2.25. The number of hydrazine groups is 1. The molecule has 2 unspecified atom stereocenters. The molecule has 2 aliphatic heterocycles. The van der Waals surface area contributed by atoms with Gasteiger partial charge >= 0.3 is 0 Å². The van der Waals surface area contributed by atoms with E-state index in [0.717, 1.165) is 36.8 Å². The van der Waals surface area contributed by atoms with E-state index < -0.39 is 0 Å². The lowest BCUT2D eigenvalue weighted by atomic mass is 9.86. The zero-order chi connectivity index (χ0) is 20.8. The predicted molar refractivity (Wildman–Crippen MR) is 123 cm³/mol. The molecular weight excluding hydrogens is 374 g/mol. The minimum atomic E-state index is 0.488. The van der Waals surface area contributed by atoms with Gasteiger partial charge in [-0.05, 0) is 56.6 Å². The van der Waals surface area contributed by atoms with Crippen LogP contribution in [0.25, 0.3) is 11.8 Å². The van der Waals surface area contributed by atoms with E-state index in [1.54, 1.807) is 6.20 Å². The molecule has 7 heteroatoms. The summed E-state index contributed by atoms with van der Waals surface area (Å²) < 4.78 is 2.07. The predicted octanol–water partition coefficient (Wildman–Crippen LogP) is 2.52. The number of nitrogens with one attached hydrogen (secondary N) is 3. The zero-order valence-electron chi connectivity index (χ0n) is 17.6. The van der Waals surface area contributed by atoms with E-state index >= 15 is 0 Å². The van der Waals surface area contributed by atoms with Crippen molar-refractivity contribution in [2.75, 3.05) is 26.7 Å². The Morgan fingerprint density at radius 1 is 1.40 bits per heavy atom. The Labute approximate surface area is 178 Å². The molecule has 0 saturated carbocycles. The maximum Gasteiger partial charge on any atom is 0.132 e. The van der Waals surface area contributed by atoms with Crippen LogP contribution in [0.5, 0.6) is 0 Å². The van der Waals surface area contributed by atoms with Crippen LogP contribution in [0.1, 0.15) is 24.4 Å². The normalized spacial score (nSPS) is 24.1. The van der Waals surface area contributed by atoms with Gasteiger partial charge in [-0.3, -0.25) is 4.99 Å². The summed E-state index contributed by atoms with van der Waals surface area (Å²) in [4.78, 5) is 8.52. The number of piperidine rings is 1. The second kappa shape index (κ2) is 9.73. The summed E-state index contributed by atoms with van der Waals surface area (Å²) in [5.74, 6) is 2.10. The van der Waals surface area contributed by atoms with Gasteiger partial charge in [0.05, 0.1) is 18.4 Å². The van der Waals surface area contributed by atoms with Gasteiger partial charge in [0.2, 0.25) is 0 Å². The van der Waals surface area contributed by atoms with Crippen molar-refractivity contribution >= 4 is 18.5 Å². The second-order valence-electron chi connectivity index (χ2n) is 7.91. The van der Waals surface area contributed by atoms with E-state index in [1.165, 1.54) is 18.4 Å². The molecule has 3 heterocycles. The van der Waals surface area contributed by atoms with Crippen LogP contribution in [0, 0.1) is 11.8 Å². The summed E-state index contributed by atoms with van der Waals surface area (Å²) in [7, 11) is 1.99. The van der Waals surface area contributed by atoms with Crippen LogP contribution in [-0.4, -0.2) is 48.0 Å². The first kappa shape index (κ1) is 20.4. The van der Waals surface area contributed by atoms with E-state index in [9.17, 15) is 0 Å². The summed E-state index contributed by atoms with van der Waals surface area (Å²) >= 11 is 0. The van der Waals surface area contributed by atoms with Crippen molar-refractivity contribution in [3.8, 4) is 0 Å². The molecule has 0 spiro atoms. The number of imidazole rings is 1. The molecule has 1 saturated heterocycles. The Balaban J connectivity index is 1.44. The lowest BCUT2D eigenvalue weighted by molar-refractivity contribution is 0.337. The van der Waals surface area contributed by atoms with Gasteiger partial charge < -0.3 is 20.2 Å². The summed E-state index contributed by atoms with van der Waals surface area (Å²) in [5.41, 5.74) is 6.61. The fourth-order valence-electron chi connectivity index (χ4n) is 4.18. The lowest BCUT2D eigenvalue weighted by Crippen LogP contribution is -2.33. The second-order valence-corrected chi connectivity index (χ2v) is 7.91. The van der Waals surface area contributed by atoms with Crippen molar-refractivity contribution < 1.29 is 0 Å². The number of aromatic nitrogens is 2. The lowest BCUT2D eigenvalue weighted by Gasteiger charge is -2.26. The van der Waals surface area contributed by atoms with Crippen LogP contribution < -0.4 is 16.1 Å². The third-order valence-corrected chi connectivity index (χ3v) is 5.83. The van der Waals surface area contributed by atoms with Gasteiger partial charge in [-0.25, -0.2) is 10.4 Å². The van der Waals surface area contributed by atoms with Crippen molar-refractivity contribution in [1.29, 1.82) is 0 Å². The molecule has 0 amide bonds. The number of hydrogen-bond acceptors (Lipinski definition) is 6. The minimum Gasteiger partial charge on any atom is -0.378 e. The Bertz CT molecular complexity index is 897. The highest BCUT2D eigenvalue weighted by molar-refractivity contribution is 5.67. The number of rotatable bonds is 7. The average molecular weight is 406 g/mol. The number of hydrogen-bond donors (Lipinski definition) is 3. The minimum absolute atomic E-state index is 0.488. The quantitative estimate of drug-likeness (QED) is 0.608. The third-order valence-electron chi connectivity index (χ3n) is 5.83. The van der Waals surface area contributed by atoms with Gasteiger partial charge in [0, 0.05) is 43.5 Å². The van der Waals surface area contributed by atoms with E-state index in [4.69, 9.17) is 0 Å². The maximum atomic E-state index is 4.66. The first-order valence-corrected chi connectivity index (χ1v) is 10.6. The molecule has 2 atom stereocenters. The number of aliphatic imine (C=N–C) groups is 1. The van der Waals surface area contributed by atoms with Crippen molar-refractivity contribution in [2.45, 2.75) is 19.4 Å². The van der Waals surface area contributed by atoms with E-state index in [0.29, 0.717) is 18.4 Å². The first-order chi connectivity index (χ1) is 14.7. The topological polar surface area (TPSA) is 69.5 Å². The van der Waals surface area contributed by atoms with Gasteiger partial charge in [-0.1, -0.05) is 18.2 Å². The van der Waals surface area contributed by atoms with Crippen molar-refractivity contribution in [3.05, 3.63) is 66.2 Å². The van der Waals surface area contributed by atoms with Gasteiger partial charge in [0.25, 0.3) is 0 Å². The summed E-state index contributed by atoms with van der Waals surface area (Å²) in [6.45, 7) is 7.21. The Morgan fingerprint density at radius 2 is 2.33 bits per heavy atom. The molecule has 3 aliphatic rings. The van der Waals surface area contributed by atoms with Crippen LogP contribution >= 0.6 is 0 Å². The molecule has 7 nitrogen and oxygen atoms in total. The largest absolute Gasteiger partial charge is 0.378 e. The fraction of sp³-hybridized carbons (Fsp3) is 0.391. The van der Waals surface area contributed by atoms with Gasteiger partial charge in [0.1, 0.15) is 5.82 Å². The molecule has 1 aliphatic carbocycles. The third kappa shape index (κ3) is 4.80. The van der Waals surface area contributed by atoms with E-state index in [-0.39, 0.29) is 0 Å². The van der Waals surface area contributed by atoms with Crippen molar-refractivity contribution in [1.82, 2.24) is 30.6 Å². The Kier molecular flexibility index (Phi) is 6.61. The highest BCUT2D eigenvalue weighted by Gasteiger charge is 2.20. The molecule has 4 rings (SSSR count). The smallest absolute Gasteiger partial charge is 0.132 e. The fourth-order valence-corrected chi connectivity index (χ4v) is 4.18. The van der Waals surface area contributed by atoms with Crippen LogP contribution in [0.15, 0.2) is 59.7 Å². The molecule has 1 aromatic heterocycles. The molecule has 30 heavy (non-hydrogen) atoms. The molecular formula is C23H31N7. The summed E-state index contributed by atoms with van der Waals surface area (Å²) in [5, 5.41) is 9.01. The Morgan fingerprint density at radius 3 is 3.10 bits per heavy atom. The first-order valence-electron chi connectivity index (χ1n) is 10.6. The molecule has 1 fully saturated rings. The standard InChI is InChI=1S/C23H31N7/c1-24-11-12-30-22(20-14-28-29(2)17-20)15-27-23(30)16-26-21-7-3-5-18(8-9-21)19-6-4-10-25-13-19/h3,5,7-9,11-12,15,17-19,25-26,28H,1,4,6,10,13-14,16H2,2H3/b12-11-. The Hall–Kier alpha value is -2.90. The van der Waals surface area contributed by atoms with Crippen LogP contribution in [0.3, 0.4) is 0 Å². The maximum absolute atomic E-state index is 4.66. The van der Waals surface area contributed by atoms with E-state index in [1.807, 2.05) is 24.5 Å². The zero-order valence-corrected chi connectivity index (χ0v) is 17.6. The molecule has 158 valence electrons. The van der Waals surface area contributed by atoms with Crippen LogP contribution in [0.4, 0.5) is 0 Å². The number of nitrogens with zero attached hydrogens (tertiary/aromatic N) is 4. The van der Waals surface area contributed by atoms with Gasteiger partial charge in [-0.2, -0.15) is 0 Å². The monoisotopic (exact) mass is 405 g/mol. The molecule has 0 radical (unpaired) electrons. The SMILES string of the molecule is C=N/C=C\n1c(C2=CN(C)NC2)cnc1CNC1=CC=CC(C2CCCNC2)C=C1. The highest BCUT2D eigenvalue weighted by atomic mass is 15.5. The molecule has 1 aromatic rings. The molecule has 0 bridgehead atoms.